The van der Waals surface area contributed by atoms with E-state index in [-0.39, 0.29) is 24.0 Å². The van der Waals surface area contributed by atoms with Gasteiger partial charge in [0.25, 0.3) is 0 Å². The molecule has 2 aliphatic heterocycles. The van der Waals surface area contributed by atoms with Crippen molar-refractivity contribution >= 4 is 35.8 Å². The van der Waals surface area contributed by atoms with Crippen molar-refractivity contribution in [3.8, 4) is 0 Å². The van der Waals surface area contributed by atoms with E-state index >= 15 is 0 Å². The molecule has 1 saturated carbocycles. The van der Waals surface area contributed by atoms with Crippen LogP contribution in [0.25, 0.3) is 0 Å². The zero-order valence-corrected chi connectivity index (χ0v) is 22.5. The number of hydrogen-bond acceptors (Lipinski definition) is 4. The molecule has 8 heteroatoms. The van der Waals surface area contributed by atoms with Crippen LogP contribution >= 0.6 is 24.0 Å². The number of rotatable bonds is 6. The van der Waals surface area contributed by atoms with Crippen LogP contribution in [-0.4, -0.2) is 104 Å². The van der Waals surface area contributed by atoms with Crippen molar-refractivity contribution in [1.29, 1.82) is 0 Å². The molecule has 0 aromatic heterocycles. The van der Waals surface area contributed by atoms with Gasteiger partial charge in [0.05, 0.1) is 0 Å². The Bertz CT molecular complexity index is 739. The lowest BCUT2D eigenvalue weighted by Gasteiger charge is -2.37. The molecule has 1 amide bonds. The van der Waals surface area contributed by atoms with E-state index in [0.29, 0.717) is 11.8 Å². The van der Waals surface area contributed by atoms with Gasteiger partial charge >= 0.3 is 0 Å². The summed E-state index contributed by atoms with van der Waals surface area (Å²) < 4.78 is 0. The largest absolute Gasteiger partial charge is 0.355 e. The van der Waals surface area contributed by atoms with Gasteiger partial charge in [0.2, 0.25) is 5.91 Å². The first-order valence-corrected chi connectivity index (χ1v) is 12.5. The predicted molar refractivity (Wildman–Crippen MR) is 145 cm³/mol. The van der Waals surface area contributed by atoms with Crippen molar-refractivity contribution in [2.45, 2.75) is 32.2 Å². The van der Waals surface area contributed by atoms with E-state index in [2.05, 4.69) is 60.2 Å². The lowest BCUT2D eigenvalue weighted by atomic mass is 10.1. The molecule has 0 bridgehead atoms. The van der Waals surface area contributed by atoms with Crippen LogP contribution in [-0.2, 0) is 11.3 Å². The average Bonchev–Trinajstić information content (AvgIpc) is 3.38. The standard InChI is InChI=1S/C25H40N6O.HI/c1-26-25(31-19-15-29(16-20-31)21-22-7-3-2-4-8-22)27-11-12-28-13-17-30(18-14-28)24(32)23-9-5-6-10-23;/h2-4,7-8,23H,5-6,9-21H2,1H3,(H,26,27);1H. The SMILES string of the molecule is CN=C(NCCN1CCN(C(=O)C2CCCC2)CC1)N1CCN(Cc2ccccc2)CC1.I. The van der Waals surface area contributed by atoms with E-state index in [4.69, 9.17) is 0 Å². The summed E-state index contributed by atoms with van der Waals surface area (Å²) >= 11 is 0. The van der Waals surface area contributed by atoms with E-state index < -0.39 is 0 Å². The molecule has 33 heavy (non-hydrogen) atoms. The number of guanidine groups is 1. The molecule has 3 fully saturated rings. The first-order chi connectivity index (χ1) is 15.7. The van der Waals surface area contributed by atoms with Gasteiger partial charge in [-0.2, -0.15) is 0 Å². The summed E-state index contributed by atoms with van der Waals surface area (Å²) in [6, 6.07) is 10.7. The van der Waals surface area contributed by atoms with Crippen molar-refractivity contribution in [2.24, 2.45) is 10.9 Å². The third kappa shape index (κ3) is 7.55. The Labute approximate surface area is 216 Å². The van der Waals surface area contributed by atoms with Crippen LogP contribution in [0.3, 0.4) is 0 Å². The number of hydrogen-bond donors (Lipinski definition) is 1. The van der Waals surface area contributed by atoms with Crippen molar-refractivity contribution in [2.75, 3.05) is 72.5 Å². The molecule has 2 heterocycles. The van der Waals surface area contributed by atoms with Gasteiger partial charge in [-0.1, -0.05) is 43.2 Å². The Morgan fingerprint density at radius 1 is 0.909 bits per heavy atom. The fourth-order valence-electron chi connectivity index (χ4n) is 5.24. The van der Waals surface area contributed by atoms with Crippen LogP contribution in [0.1, 0.15) is 31.2 Å². The smallest absolute Gasteiger partial charge is 0.225 e. The van der Waals surface area contributed by atoms with Crippen molar-refractivity contribution < 1.29 is 4.79 Å². The number of carbonyl (C=O) groups excluding carboxylic acids is 1. The quantitative estimate of drug-likeness (QED) is 0.325. The Morgan fingerprint density at radius 2 is 1.52 bits per heavy atom. The second-order valence-electron chi connectivity index (χ2n) is 9.37. The third-order valence-corrected chi connectivity index (χ3v) is 7.23. The number of amides is 1. The topological polar surface area (TPSA) is 54.4 Å². The second-order valence-corrected chi connectivity index (χ2v) is 9.37. The maximum absolute atomic E-state index is 12.6. The summed E-state index contributed by atoms with van der Waals surface area (Å²) in [5.74, 6) is 1.73. The van der Waals surface area contributed by atoms with Gasteiger partial charge < -0.3 is 15.1 Å². The molecule has 4 rings (SSSR count). The average molecular weight is 569 g/mol. The van der Waals surface area contributed by atoms with E-state index in [1.807, 2.05) is 7.05 Å². The molecule has 0 unspecified atom stereocenters. The van der Waals surface area contributed by atoms with Gasteiger partial charge in [-0.05, 0) is 18.4 Å². The molecular weight excluding hydrogens is 527 g/mol. The Morgan fingerprint density at radius 3 is 2.15 bits per heavy atom. The minimum atomic E-state index is 0. The molecule has 184 valence electrons. The summed E-state index contributed by atoms with van der Waals surface area (Å²) in [6.45, 7) is 10.8. The van der Waals surface area contributed by atoms with E-state index in [0.717, 1.165) is 90.8 Å². The highest BCUT2D eigenvalue weighted by atomic mass is 127. The molecular formula is C25H41IN6O. The number of aliphatic imine (C=N–C) groups is 1. The van der Waals surface area contributed by atoms with Gasteiger partial charge in [-0.3, -0.25) is 19.6 Å². The first kappa shape index (κ1) is 26.2. The van der Waals surface area contributed by atoms with Crippen LogP contribution in [0.2, 0.25) is 0 Å². The highest BCUT2D eigenvalue weighted by Gasteiger charge is 2.29. The highest BCUT2D eigenvalue weighted by molar-refractivity contribution is 14.0. The summed E-state index contributed by atoms with van der Waals surface area (Å²) in [4.78, 5) is 26.6. The molecule has 1 aliphatic carbocycles. The molecule has 1 aromatic rings. The Kier molecular flexibility index (Phi) is 10.7. The fourth-order valence-corrected chi connectivity index (χ4v) is 5.24. The van der Waals surface area contributed by atoms with Crippen LogP contribution in [0.15, 0.2) is 35.3 Å². The summed E-state index contributed by atoms with van der Waals surface area (Å²) in [5, 5.41) is 3.56. The molecule has 1 aromatic carbocycles. The van der Waals surface area contributed by atoms with Crippen molar-refractivity contribution in [3.05, 3.63) is 35.9 Å². The van der Waals surface area contributed by atoms with Gasteiger partial charge in [-0.15, -0.1) is 24.0 Å². The van der Waals surface area contributed by atoms with Crippen molar-refractivity contribution in [1.82, 2.24) is 24.9 Å². The molecule has 0 radical (unpaired) electrons. The maximum atomic E-state index is 12.6. The van der Waals surface area contributed by atoms with Crippen LogP contribution < -0.4 is 5.32 Å². The number of halogens is 1. The third-order valence-electron chi connectivity index (χ3n) is 7.23. The number of nitrogens with zero attached hydrogens (tertiary/aromatic N) is 5. The van der Waals surface area contributed by atoms with Crippen LogP contribution in [0.4, 0.5) is 0 Å². The van der Waals surface area contributed by atoms with E-state index in [9.17, 15) is 4.79 Å². The van der Waals surface area contributed by atoms with E-state index in [1.54, 1.807) is 0 Å². The summed E-state index contributed by atoms with van der Waals surface area (Å²) in [6.07, 6.45) is 4.65. The van der Waals surface area contributed by atoms with Gasteiger partial charge in [-0.25, -0.2) is 0 Å². The number of carbonyl (C=O) groups is 1. The lowest BCUT2D eigenvalue weighted by Crippen LogP contribution is -2.54. The normalized spacial score (nSPS) is 21.2. The molecule has 7 nitrogen and oxygen atoms in total. The number of piperazine rings is 2. The second kappa shape index (κ2) is 13.5. The molecule has 1 N–H and O–H groups in total. The summed E-state index contributed by atoms with van der Waals surface area (Å²) in [5.41, 5.74) is 1.38. The minimum Gasteiger partial charge on any atom is -0.355 e. The lowest BCUT2D eigenvalue weighted by molar-refractivity contribution is -0.137. The highest BCUT2D eigenvalue weighted by Crippen LogP contribution is 2.26. The predicted octanol–water partition coefficient (Wildman–Crippen LogP) is 2.33. The molecule has 3 aliphatic rings. The van der Waals surface area contributed by atoms with Gasteiger partial charge in [0.1, 0.15) is 0 Å². The zero-order valence-electron chi connectivity index (χ0n) is 20.1. The van der Waals surface area contributed by atoms with Gasteiger partial charge in [0.15, 0.2) is 5.96 Å². The Hall–Kier alpha value is -1.39. The first-order valence-electron chi connectivity index (χ1n) is 12.5. The molecule has 0 atom stereocenters. The Balaban J connectivity index is 0.00000306. The van der Waals surface area contributed by atoms with Crippen LogP contribution in [0.5, 0.6) is 0 Å². The maximum Gasteiger partial charge on any atom is 0.225 e. The summed E-state index contributed by atoms with van der Waals surface area (Å²) in [7, 11) is 1.88. The zero-order chi connectivity index (χ0) is 22.2. The van der Waals surface area contributed by atoms with Crippen LogP contribution in [0, 0.1) is 5.92 Å². The minimum absolute atomic E-state index is 0. The fraction of sp³-hybridized carbons (Fsp3) is 0.680. The van der Waals surface area contributed by atoms with Crippen molar-refractivity contribution in [3.63, 3.8) is 0 Å². The monoisotopic (exact) mass is 568 g/mol. The molecule has 2 saturated heterocycles. The number of benzene rings is 1. The van der Waals surface area contributed by atoms with Gasteiger partial charge in [0, 0.05) is 85.0 Å². The number of nitrogens with one attached hydrogen (secondary N) is 1. The molecule has 0 spiro atoms. The van der Waals surface area contributed by atoms with E-state index in [1.165, 1.54) is 18.4 Å².